The molecule has 1 aromatic rings. The summed E-state index contributed by atoms with van der Waals surface area (Å²) in [5.41, 5.74) is -0.0639. The van der Waals surface area contributed by atoms with Gasteiger partial charge in [0.25, 0.3) is 0 Å². The molecular weight excluding hydrogens is 278 g/mol. The molecule has 1 saturated heterocycles. The topological polar surface area (TPSA) is 47.4 Å². The van der Waals surface area contributed by atoms with Crippen LogP contribution < -0.4 is 0 Å². The minimum atomic E-state index is -0.551. The van der Waals surface area contributed by atoms with Gasteiger partial charge in [0.1, 0.15) is 5.69 Å². The normalized spacial score (nSPS) is 16.8. The van der Waals surface area contributed by atoms with Crippen LogP contribution in [-0.2, 0) is 11.3 Å². The average molecular weight is 300 g/mol. The molecule has 5 nitrogen and oxygen atoms in total. The van der Waals surface area contributed by atoms with Crippen molar-refractivity contribution < 1.29 is 9.53 Å². The number of aromatic nitrogens is 2. The number of ketones is 1. The van der Waals surface area contributed by atoms with Gasteiger partial charge in [-0.1, -0.05) is 11.6 Å². The van der Waals surface area contributed by atoms with Crippen LogP contribution in [0.2, 0.25) is 5.02 Å². The number of likely N-dealkylation sites (tertiary alicyclic amines) is 1. The summed E-state index contributed by atoms with van der Waals surface area (Å²) < 4.78 is 6.69. The Hall–Kier alpha value is -0.910. The van der Waals surface area contributed by atoms with E-state index in [-0.39, 0.29) is 5.78 Å². The van der Waals surface area contributed by atoms with Crippen molar-refractivity contribution in [3.8, 4) is 0 Å². The predicted octanol–water partition coefficient (Wildman–Crippen LogP) is 2.24. The van der Waals surface area contributed by atoms with E-state index in [1.54, 1.807) is 11.8 Å². The average Bonchev–Trinajstić information content (AvgIpc) is 3.05. The quantitative estimate of drug-likeness (QED) is 0.756. The van der Waals surface area contributed by atoms with Gasteiger partial charge in [-0.05, 0) is 39.8 Å². The van der Waals surface area contributed by atoms with Crippen LogP contribution in [0.5, 0.6) is 0 Å². The molecule has 1 fully saturated rings. The lowest BCUT2D eigenvalue weighted by atomic mass is 9.94. The number of ether oxygens (including phenoxy) is 1. The molecule has 0 aliphatic carbocycles. The molecule has 0 unspecified atom stereocenters. The van der Waals surface area contributed by atoms with E-state index in [1.165, 1.54) is 6.20 Å². The number of rotatable bonds is 6. The summed E-state index contributed by atoms with van der Waals surface area (Å²) in [4.78, 5) is 15.1. The summed E-state index contributed by atoms with van der Waals surface area (Å²) in [5, 5.41) is 4.59. The van der Waals surface area contributed by atoms with E-state index in [9.17, 15) is 4.79 Å². The van der Waals surface area contributed by atoms with Gasteiger partial charge in [0.05, 0.1) is 29.9 Å². The highest BCUT2D eigenvalue weighted by atomic mass is 35.5. The standard InChI is InChI=1S/C14H22ClN3O2/c1-14(2,17-6-4-5-7-17)13(19)12-11(15)10-16-18(12)8-9-20-3/h10H,4-9H2,1-3H3. The van der Waals surface area contributed by atoms with Gasteiger partial charge >= 0.3 is 0 Å². The molecule has 0 bridgehead atoms. The molecule has 0 N–H and O–H groups in total. The van der Waals surface area contributed by atoms with Crippen molar-refractivity contribution in [2.45, 2.75) is 38.8 Å². The molecule has 20 heavy (non-hydrogen) atoms. The van der Waals surface area contributed by atoms with Crippen LogP contribution in [-0.4, -0.2) is 52.8 Å². The van der Waals surface area contributed by atoms with Crippen molar-refractivity contribution >= 4 is 17.4 Å². The van der Waals surface area contributed by atoms with Gasteiger partial charge in [-0.2, -0.15) is 5.10 Å². The fraction of sp³-hybridized carbons (Fsp3) is 0.714. The Morgan fingerprint density at radius 3 is 2.70 bits per heavy atom. The molecule has 1 aromatic heterocycles. The third kappa shape index (κ3) is 2.90. The Morgan fingerprint density at radius 2 is 2.10 bits per heavy atom. The number of carbonyl (C=O) groups excluding carboxylic acids is 1. The van der Waals surface area contributed by atoms with Gasteiger partial charge in [0, 0.05) is 7.11 Å². The van der Waals surface area contributed by atoms with Gasteiger partial charge < -0.3 is 4.74 Å². The maximum absolute atomic E-state index is 12.9. The SMILES string of the molecule is COCCn1ncc(Cl)c1C(=O)C(C)(C)N1CCCC1. The van der Waals surface area contributed by atoms with Crippen molar-refractivity contribution in [2.24, 2.45) is 0 Å². The molecule has 1 aliphatic heterocycles. The molecule has 0 spiro atoms. The highest BCUT2D eigenvalue weighted by Gasteiger charge is 2.39. The molecule has 1 aliphatic rings. The Morgan fingerprint density at radius 1 is 1.45 bits per heavy atom. The Bertz CT molecular complexity index is 479. The van der Waals surface area contributed by atoms with Crippen molar-refractivity contribution in [3.05, 3.63) is 16.9 Å². The zero-order chi connectivity index (χ0) is 14.8. The van der Waals surface area contributed by atoms with Crippen molar-refractivity contribution in [3.63, 3.8) is 0 Å². The first-order valence-corrected chi connectivity index (χ1v) is 7.36. The molecule has 6 heteroatoms. The van der Waals surface area contributed by atoms with E-state index in [1.807, 2.05) is 13.8 Å². The first-order chi connectivity index (χ1) is 9.48. The maximum Gasteiger partial charge on any atom is 0.201 e. The highest BCUT2D eigenvalue weighted by Crippen LogP contribution is 2.28. The second-order valence-electron chi connectivity index (χ2n) is 5.64. The zero-order valence-electron chi connectivity index (χ0n) is 12.4. The van der Waals surface area contributed by atoms with Gasteiger partial charge in [-0.25, -0.2) is 0 Å². The zero-order valence-corrected chi connectivity index (χ0v) is 13.1. The highest BCUT2D eigenvalue weighted by molar-refractivity contribution is 6.34. The summed E-state index contributed by atoms with van der Waals surface area (Å²) in [6.07, 6.45) is 3.82. The van der Waals surface area contributed by atoms with Crippen molar-refractivity contribution in [2.75, 3.05) is 26.8 Å². The van der Waals surface area contributed by atoms with Crippen LogP contribution in [0, 0.1) is 0 Å². The number of Topliss-reactive ketones (excluding diaryl/α,β-unsaturated/α-hetero) is 1. The number of methoxy groups -OCH3 is 1. The van der Waals surface area contributed by atoms with Crippen LogP contribution >= 0.6 is 11.6 Å². The molecule has 0 aromatic carbocycles. The number of hydrogen-bond acceptors (Lipinski definition) is 4. The fourth-order valence-corrected chi connectivity index (χ4v) is 2.87. The van der Waals surface area contributed by atoms with E-state index < -0.39 is 5.54 Å². The van der Waals surface area contributed by atoms with Crippen LogP contribution in [0.1, 0.15) is 37.2 Å². The molecule has 2 rings (SSSR count). The molecule has 2 heterocycles. The van der Waals surface area contributed by atoms with Crippen LogP contribution in [0.3, 0.4) is 0 Å². The van der Waals surface area contributed by atoms with E-state index in [2.05, 4.69) is 10.00 Å². The number of halogens is 1. The van der Waals surface area contributed by atoms with Crippen molar-refractivity contribution in [1.82, 2.24) is 14.7 Å². The fourth-order valence-electron chi connectivity index (χ4n) is 2.65. The van der Waals surface area contributed by atoms with Gasteiger partial charge in [0.2, 0.25) is 5.78 Å². The van der Waals surface area contributed by atoms with Gasteiger partial charge in [-0.15, -0.1) is 0 Å². The minimum absolute atomic E-state index is 0.0259. The number of hydrogen-bond donors (Lipinski definition) is 0. The Labute approximate surface area is 124 Å². The van der Waals surface area contributed by atoms with E-state index in [4.69, 9.17) is 16.3 Å². The monoisotopic (exact) mass is 299 g/mol. The van der Waals surface area contributed by atoms with Crippen molar-refractivity contribution in [1.29, 1.82) is 0 Å². The summed E-state index contributed by atoms with van der Waals surface area (Å²) >= 11 is 6.17. The largest absolute Gasteiger partial charge is 0.383 e. The summed E-state index contributed by atoms with van der Waals surface area (Å²) in [7, 11) is 1.63. The molecular formula is C14H22ClN3O2. The molecule has 0 atom stereocenters. The Balaban J connectivity index is 2.25. The van der Waals surface area contributed by atoms with E-state index in [0.29, 0.717) is 23.9 Å². The molecule has 112 valence electrons. The predicted molar refractivity (Wildman–Crippen MR) is 78.3 cm³/mol. The molecule has 0 radical (unpaired) electrons. The lowest BCUT2D eigenvalue weighted by Crippen LogP contribution is -2.49. The summed E-state index contributed by atoms with van der Waals surface area (Å²) in [6.45, 7) is 6.88. The summed E-state index contributed by atoms with van der Waals surface area (Å²) in [6, 6.07) is 0. The molecule has 0 amide bonds. The third-order valence-corrected chi connectivity index (χ3v) is 4.25. The summed E-state index contributed by atoms with van der Waals surface area (Å²) in [5.74, 6) is 0.0259. The lowest BCUT2D eigenvalue weighted by Gasteiger charge is -2.33. The smallest absolute Gasteiger partial charge is 0.201 e. The van der Waals surface area contributed by atoms with Crippen LogP contribution in [0.4, 0.5) is 0 Å². The first-order valence-electron chi connectivity index (χ1n) is 6.98. The lowest BCUT2D eigenvalue weighted by molar-refractivity contribution is 0.0688. The Kier molecular flexibility index (Phi) is 4.83. The van der Waals surface area contributed by atoms with Gasteiger partial charge in [0.15, 0.2) is 0 Å². The van der Waals surface area contributed by atoms with Gasteiger partial charge in [-0.3, -0.25) is 14.4 Å². The second kappa shape index (κ2) is 6.24. The number of nitrogens with zero attached hydrogens (tertiary/aromatic N) is 3. The van der Waals surface area contributed by atoms with Crippen LogP contribution in [0.25, 0.3) is 0 Å². The van der Waals surface area contributed by atoms with Crippen LogP contribution in [0.15, 0.2) is 6.20 Å². The first kappa shape index (κ1) is 15.5. The maximum atomic E-state index is 12.9. The number of carbonyl (C=O) groups is 1. The second-order valence-corrected chi connectivity index (χ2v) is 6.05. The third-order valence-electron chi connectivity index (χ3n) is 3.97. The molecule has 0 saturated carbocycles. The van der Waals surface area contributed by atoms with E-state index in [0.717, 1.165) is 25.9 Å². The van der Waals surface area contributed by atoms with E-state index >= 15 is 0 Å². The minimum Gasteiger partial charge on any atom is -0.383 e.